The first kappa shape index (κ1) is 17.5. The second-order valence-electron chi connectivity index (χ2n) is 8.48. The fraction of sp³-hybridized carbons (Fsp3) is 0.737. The van der Waals surface area contributed by atoms with Gasteiger partial charge in [-0.25, -0.2) is 4.98 Å². The summed E-state index contributed by atoms with van der Waals surface area (Å²) in [5.41, 5.74) is 6.79. The van der Waals surface area contributed by atoms with E-state index in [2.05, 4.69) is 33.7 Å². The van der Waals surface area contributed by atoms with Gasteiger partial charge in [-0.3, -0.25) is 14.5 Å². The lowest BCUT2D eigenvalue weighted by atomic mass is 9.96. The highest BCUT2D eigenvalue weighted by atomic mass is 16.2. The number of amides is 2. The van der Waals surface area contributed by atoms with Crippen LogP contribution in [0.3, 0.4) is 0 Å². The van der Waals surface area contributed by atoms with Crippen molar-refractivity contribution in [3.05, 3.63) is 17.2 Å². The van der Waals surface area contributed by atoms with Crippen molar-refractivity contribution in [1.29, 1.82) is 0 Å². The second kappa shape index (κ2) is 6.08. The number of hydrogen-bond donors (Lipinski definition) is 2. The van der Waals surface area contributed by atoms with Crippen LogP contribution in [-0.4, -0.2) is 45.4 Å². The van der Waals surface area contributed by atoms with Crippen molar-refractivity contribution in [3.63, 3.8) is 0 Å². The van der Waals surface area contributed by atoms with Gasteiger partial charge in [0.15, 0.2) is 0 Å². The highest BCUT2D eigenvalue weighted by molar-refractivity contribution is 6.07. The van der Waals surface area contributed by atoms with E-state index >= 15 is 0 Å². The van der Waals surface area contributed by atoms with Crippen molar-refractivity contribution < 1.29 is 9.59 Å². The Morgan fingerprint density at radius 3 is 2.46 bits per heavy atom. The Labute approximate surface area is 154 Å². The number of aromatic nitrogens is 2. The number of nitrogens with zero attached hydrogens (tertiary/aromatic N) is 3. The molecule has 0 radical (unpaired) electrons. The smallest absolute Gasteiger partial charge is 0.235 e. The lowest BCUT2D eigenvalue weighted by Gasteiger charge is -2.22. The van der Waals surface area contributed by atoms with Crippen LogP contribution >= 0.6 is 0 Å². The van der Waals surface area contributed by atoms with Crippen LogP contribution in [0.15, 0.2) is 0 Å². The SMILES string of the molecule is Cc1nc(CN2C[C@@H](NC(=O)C3(C(N)=O)CC3)[C@H](C3CC3)C2)n(C)c1C. The molecule has 2 heterocycles. The third-order valence-corrected chi connectivity index (χ3v) is 6.72. The van der Waals surface area contributed by atoms with Crippen LogP contribution in [-0.2, 0) is 23.2 Å². The van der Waals surface area contributed by atoms with Crippen LogP contribution in [0.5, 0.6) is 0 Å². The minimum Gasteiger partial charge on any atom is -0.369 e. The molecule has 26 heavy (non-hydrogen) atoms. The lowest BCUT2D eigenvalue weighted by molar-refractivity contribution is -0.136. The zero-order valence-electron chi connectivity index (χ0n) is 15.9. The normalized spacial score (nSPS) is 27.5. The maximum absolute atomic E-state index is 12.6. The molecule has 3 N–H and O–H groups in total. The van der Waals surface area contributed by atoms with Crippen molar-refractivity contribution in [1.82, 2.24) is 19.8 Å². The number of primary amides is 1. The Morgan fingerprint density at radius 1 is 1.27 bits per heavy atom. The van der Waals surface area contributed by atoms with Gasteiger partial charge in [0.2, 0.25) is 11.8 Å². The lowest BCUT2D eigenvalue weighted by Crippen LogP contribution is -2.48. The number of carbonyl (C=O) groups is 2. The molecule has 0 aromatic carbocycles. The fourth-order valence-electron chi connectivity index (χ4n) is 4.34. The van der Waals surface area contributed by atoms with Crippen LogP contribution in [0, 0.1) is 31.1 Å². The van der Waals surface area contributed by atoms with Crippen LogP contribution < -0.4 is 11.1 Å². The standard InChI is InChI=1S/C19H29N5O2/c1-11-12(2)23(3)16(21-11)10-24-8-14(13-4-5-13)15(9-24)22-18(26)19(6-7-19)17(20)25/h13-15H,4-10H2,1-3H3,(H2,20,25)(H,22,26)/t14-,15+/m0/s1. The van der Waals surface area contributed by atoms with Crippen molar-refractivity contribution in [2.45, 2.75) is 52.1 Å². The minimum atomic E-state index is -0.935. The molecule has 3 aliphatic rings. The van der Waals surface area contributed by atoms with E-state index in [-0.39, 0.29) is 11.9 Å². The molecule has 3 fully saturated rings. The summed E-state index contributed by atoms with van der Waals surface area (Å²) in [6.07, 6.45) is 3.66. The average molecular weight is 359 g/mol. The molecule has 7 nitrogen and oxygen atoms in total. The number of carbonyl (C=O) groups excluding carboxylic acids is 2. The van der Waals surface area contributed by atoms with E-state index in [9.17, 15) is 9.59 Å². The second-order valence-corrected chi connectivity index (χ2v) is 8.48. The quantitative estimate of drug-likeness (QED) is 0.729. The maximum atomic E-state index is 12.6. The molecule has 2 saturated carbocycles. The maximum Gasteiger partial charge on any atom is 0.235 e. The molecule has 2 atom stereocenters. The first-order valence-corrected chi connectivity index (χ1v) is 9.64. The molecule has 0 unspecified atom stereocenters. The molecule has 4 rings (SSSR count). The van der Waals surface area contributed by atoms with Gasteiger partial charge >= 0.3 is 0 Å². The van der Waals surface area contributed by atoms with Crippen LogP contribution in [0.1, 0.15) is 42.9 Å². The Morgan fingerprint density at radius 2 is 1.96 bits per heavy atom. The Balaban J connectivity index is 1.44. The number of nitrogens with one attached hydrogen (secondary N) is 1. The van der Waals surface area contributed by atoms with Crippen LogP contribution in [0.25, 0.3) is 0 Å². The molecular weight excluding hydrogens is 330 g/mol. The Hall–Kier alpha value is -1.89. The van der Waals surface area contributed by atoms with Gasteiger partial charge < -0.3 is 15.6 Å². The van der Waals surface area contributed by atoms with Crippen molar-refractivity contribution in [3.8, 4) is 0 Å². The molecule has 1 aromatic heterocycles. The minimum absolute atomic E-state index is 0.106. The van der Waals surface area contributed by atoms with Gasteiger partial charge in [0, 0.05) is 31.9 Å². The number of nitrogens with two attached hydrogens (primary N) is 1. The van der Waals surface area contributed by atoms with E-state index in [1.807, 2.05) is 6.92 Å². The highest BCUT2D eigenvalue weighted by Gasteiger charge is 2.56. The summed E-state index contributed by atoms with van der Waals surface area (Å²) >= 11 is 0. The largest absolute Gasteiger partial charge is 0.369 e. The Kier molecular flexibility index (Phi) is 4.10. The summed E-state index contributed by atoms with van der Waals surface area (Å²) in [5, 5.41) is 3.17. The zero-order chi connectivity index (χ0) is 18.6. The van der Waals surface area contributed by atoms with E-state index in [1.54, 1.807) is 0 Å². The van der Waals surface area contributed by atoms with Gasteiger partial charge in [0.25, 0.3) is 0 Å². The van der Waals surface area contributed by atoms with Crippen molar-refractivity contribution >= 4 is 11.8 Å². The summed E-state index contributed by atoms with van der Waals surface area (Å²) in [7, 11) is 2.06. The molecule has 2 aliphatic carbocycles. The van der Waals surface area contributed by atoms with Gasteiger partial charge in [-0.15, -0.1) is 0 Å². The van der Waals surface area contributed by atoms with Gasteiger partial charge in [-0.2, -0.15) is 0 Å². The number of rotatable bonds is 6. The average Bonchev–Trinajstić information content (AvgIpc) is 3.50. The molecular formula is C19H29N5O2. The summed E-state index contributed by atoms with van der Waals surface area (Å²) in [5.74, 6) is 1.58. The first-order chi connectivity index (χ1) is 12.3. The summed E-state index contributed by atoms with van der Waals surface area (Å²) in [6, 6.07) is 0.106. The summed E-state index contributed by atoms with van der Waals surface area (Å²) < 4.78 is 2.15. The van der Waals surface area contributed by atoms with Crippen molar-refractivity contribution in [2.24, 2.45) is 30.0 Å². The van der Waals surface area contributed by atoms with Gasteiger partial charge in [0.05, 0.1) is 12.2 Å². The molecule has 142 valence electrons. The van der Waals surface area contributed by atoms with Gasteiger partial charge in [0.1, 0.15) is 11.2 Å². The monoisotopic (exact) mass is 359 g/mol. The van der Waals surface area contributed by atoms with Crippen molar-refractivity contribution in [2.75, 3.05) is 13.1 Å². The van der Waals surface area contributed by atoms with Crippen LogP contribution in [0.4, 0.5) is 0 Å². The molecule has 0 bridgehead atoms. The van der Waals surface area contributed by atoms with E-state index in [4.69, 9.17) is 5.73 Å². The van der Waals surface area contributed by atoms with E-state index in [1.165, 1.54) is 18.5 Å². The highest BCUT2D eigenvalue weighted by Crippen LogP contribution is 2.47. The predicted molar refractivity (Wildman–Crippen MR) is 97.0 cm³/mol. The number of hydrogen-bond acceptors (Lipinski definition) is 4. The predicted octanol–water partition coefficient (Wildman–Crippen LogP) is 0.629. The van der Waals surface area contributed by atoms with E-state index in [0.717, 1.165) is 31.2 Å². The third kappa shape index (κ3) is 2.92. The number of likely N-dealkylation sites (tertiary alicyclic amines) is 1. The molecule has 1 aromatic rings. The summed E-state index contributed by atoms with van der Waals surface area (Å²) in [6.45, 7) is 6.71. The molecule has 1 aliphatic heterocycles. The van der Waals surface area contributed by atoms with Gasteiger partial charge in [-0.1, -0.05) is 0 Å². The number of aryl methyl sites for hydroxylation is 1. The number of imidazole rings is 1. The molecule has 1 saturated heterocycles. The molecule has 0 spiro atoms. The molecule has 2 amide bonds. The first-order valence-electron chi connectivity index (χ1n) is 9.64. The van der Waals surface area contributed by atoms with Gasteiger partial charge in [-0.05, 0) is 51.4 Å². The van der Waals surface area contributed by atoms with E-state index < -0.39 is 11.3 Å². The summed E-state index contributed by atoms with van der Waals surface area (Å²) in [4.78, 5) is 31.4. The van der Waals surface area contributed by atoms with E-state index in [0.29, 0.717) is 24.7 Å². The topological polar surface area (TPSA) is 93.2 Å². The molecule has 7 heteroatoms. The fourth-order valence-corrected chi connectivity index (χ4v) is 4.34. The third-order valence-electron chi connectivity index (χ3n) is 6.72. The Bertz CT molecular complexity index is 747. The van der Waals surface area contributed by atoms with Crippen LogP contribution in [0.2, 0.25) is 0 Å². The zero-order valence-corrected chi connectivity index (χ0v) is 15.9.